The van der Waals surface area contributed by atoms with Crippen molar-refractivity contribution in [1.82, 2.24) is 14.3 Å². The van der Waals surface area contributed by atoms with Gasteiger partial charge in [0.1, 0.15) is 6.33 Å². The summed E-state index contributed by atoms with van der Waals surface area (Å²) in [4.78, 5) is 11.8. The molecule has 4 heteroatoms. The maximum atomic E-state index is 11.8. The quantitative estimate of drug-likeness (QED) is 0.739. The van der Waals surface area contributed by atoms with Crippen molar-refractivity contribution in [2.45, 2.75) is 6.92 Å². The van der Waals surface area contributed by atoms with Gasteiger partial charge < -0.3 is 0 Å². The zero-order chi connectivity index (χ0) is 10.7. The van der Waals surface area contributed by atoms with Gasteiger partial charge in [-0.1, -0.05) is 24.3 Å². The van der Waals surface area contributed by atoms with Crippen LogP contribution < -0.4 is 5.69 Å². The third-order valence-corrected chi connectivity index (χ3v) is 2.02. The molecular formula is C11H11N3O. The molecular weight excluding hydrogens is 190 g/mol. The van der Waals surface area contributed by atoms with Gasteiger partial charge in [-0.3, -0.25) is 0 Å². The van der Waals surface area contributed by atoms with E-state index in [9.17, 15) is 4.79 Å². The number of nitrogens with zero attached hydrogens (tertiary/aromatic N) is 3. The molecule has 0 atom stereocenters. The molecule has 0 amide bonds. The van der Waals surface area contributed by atoms with E-state index in [1.54, 1.807) is 12.3 Å². The van der Waals surface area contributed by atoms with E-state index in [-0.39, 0.29) is 5.69 Å². The standard InChI is InChI=1S/C11H11N3O/c1-2-8-14-11(15)13(9-12-14)10-6-4-3-5-7-10/h2-9H,1H3/b8-2+. The number of hydrogen-bond donors (Lipinski definition) is 0. The number of rotatable bonds is 2. The summed E-state index contributed by atoms with van der Waals surface area (Å²) in [7, 11) is 0. The summed E-state index contributed by atoms with van der Waals surface area (Å²) < 4.78 is 2.80. The Labute approximate surface area is 87.1 Å². The predicted octanol–water partition coefficient (Wildman–Crippen LogP) is 1.52. The van der Waals surface area contributed by atoms with Crippen LogP contribution in [0.3, 0.4) is 0 Å². The van der Waals surface area contributed by atoms with Crippen molar-refractivity contribution in [3.8, 4) is 5.69 Å². The first-order chi connectivity index (χ1) is 7.33. The first kappa shape index (κ1) is 9.45. The van der Waals surface area contributed by atoms with Crippen LogP contribution in [0, 0.1) is 0 Å². The SMILES string of the molecule is C/C=C/n1ncn(-c2ccccc2)c1=O. The monoisotopic (exact) mass is 201 g/mol. The van der Waals surface area contributed by atoms with Crippen molar-refractivity contribution >= 4 is 6.20 Å². The Kier molecular flexibility index (Phi) is 2.49. The number of allylic oxidation sites excluding steroid dienone is 1. The third kappa shape index (κ3) is 1.74. The van der Waals surface area contributed by atoms with Crippen molar-refractivity contribution in [2.24, 2.45) is 0 Å². The van der Waals surface area contributed by atoms with Gasteiger partial charge in [-0.05, 0) is 19.1 Å². The van der Waals surface area contributed by atoms with E-state index in [1.165, 1.54) is 15.6 Å². The molecule has 0 N–H and O–H groups in total. The lowest BCUT2D eigenvalue weighted by molar-refractivity contribution is 0.875. The van der Waals surface area contributed by atoms with Gasteiger partial charge in [-0.25, -0.2) is 9.36 Å². The van der Waals surface area contributed by atoms with Crippen LogP contribution in [0.4, 0.5) is 0 Å². The van der Waals surface area contributed by atoms with Gasteiger partial charge in [0.05, 0.1) is 5.69 Å². The lowest BCUT2D eigenvalue weighted by Gasteiger charge is -1.97. The summed E-state index contributed by atoms with van der Waals surface area (Å²) in [6.07, 6.45) is 4.91. The number of para-hydroxylation sites is 1. The van der Waals surface area contributed by atoms with Gasteiger partial charge in [-0.15, -0.1) is 0 Å². The van der Waals surface area contributed by atoms with Crippen molar-refractivity contribution < 1.29 is 0 Å². The van der Waals surface area contributed by atoms with Gasteiger partial charge in [0.25, 0.3) is 0 Å². The second kappa shape index (κ2) is 3.96. The topological polar surface area (TPSA) is 39.8 Å². The Morgan fingerprint density at radius 2 is 2.00 bits per heavy atom. The molecule has 0 saturated heterocycles. The van der Waals surface area contributed by atoms with Crippen LogP contribution in [-0.2, 0) is 0 Å². The molecule has 1 aromatic heterocycles. The molecule has 0 aliphatic rings. The van der Waals surface area contributed by atoms with Crippen LogP contribution in [0.2, 0.25) is 0 Å². The molecule has 1 aromatic carbocycles. The molecule has 76 valence electrons. The molecule has 0 spiro atoms. The van der Waals surface area contributed by atoms with E-state index in [1.807, 2.05) is 37.3 Å². The summed E-state index contributed by atoms with van der Waals surface area (Å²) in [5.74, 6) is 0. The van der Waals surface area contributed by atoms with E-state index >= 15 is 0 Å². The minimum atomic E-state index is -0.167. The molecule has 0 fully saturated rings. The van der Waals surface area contributed by atoms with Gasteiger partial charge in [-0.2, -0.15) is 9.78 Å². The molecule has 1 heterocycles. The maximum Gasteiger partial charge on any atom is 0.354 e. The summed E-state index contributed by atoms with van der Waals surface area (Å²) >= 11 is 0. The fourth-order valence-electron chi connectivity index (χ4n) is 1.33. The minimum Gasteiger partial charge on any atom is -0.249 e. The molecule has 0 radical (unpaired) electrons. The molecule has 0 saturated carbocycles. The Morgan fingerprint density at radius 1 is 1.27 bits per heavy atom. The fraction of sp³-hybridized carbons (Fsp3) is 0.0909. The Balaban J connectivity index is 2.52. The average molecular weight is 201 g/mol. The molecule has 0 aliphatic heterocycles. The summed E-state index contributed by atoms with van der Waals surface area (Å²) in [5.41, 5.74) is 0.651. The predicted molar refractivity (Wildman–Crippen MR) is 58.8 cm³/mol. The second-order valence-electron chi connectivity index (χ2n) is 3.05. The Morgan fingerprint density at radius 3 is 2.67 bits per heavy atom. The van der Waals surface area contributed by atoms with Crippen LogP contribution in [0.25, 0.3) is 11.9 Å². The number of benzene rings is 1. The first-order valence-electron chi connectivity index (χ1n) is 4.67. The van der Waals surface area contributed by atoms with Gasteiger partial charge >= 0.3 is 5.69 Å². The molecule has 0 aliphatic carbocycles. The smallest absolute Gasteiger partial charge is 0.249 e. The van der Waals surface area contributed by atoms with Gasteiger partial charge in [0.2, 0.25) is 0 Å². The third-order valence-electron chi connectivity index (χ3n) is 2.02. The minimum absolute atomic E-state index is 0.167. The second-order valence-corrected chi connectivity index (χ2v) is 3.05. The molecule has 15 heavy (non-hydrogen) atoms. The highest BCUT2D eigenvalue weighted by Crippen LogP contribution is 2.02. The van der Waals surface area contributed by atoms with Crippen molar-refractivity contribution in [3.05, 3.63) is 53.2 Å². The number of hydrogen-bond acceptors (Lipinski definition) is 2. The molecule has 2 rings (SSSR count). The van der Waals surface area contributed by atoms with E-state index in [2.05, 4.69) is 5.10 Å². The summed E-state index contributed by atoms with van der Waals surface area (Å²) in [6, 6.07) is 9.40. The molecule has 0 bridgehead atoms. The van der Waals surface area contributed by atoms with E-state index in [0.717, 1.165) is 5.69 Å². The van der Waals surface area contributed by atoms with E-state index in [0.29, 0.717) is 0 Å². The lowest BCUT2D eigenvalue weighted by Crippen LogP contribution is -2.20. The van der Waals surface area contributed by atoms with Gasteiger partial charge in [0.15, 0.2) is 0 Å². The Bertz CT molecular complexity index is 522. The van der Waals surface area contributed by atoms with Crippen LogP contribution in [-0.4, -0.2) is 14.3 Å². The maximum absolute atomic E-state index is 11.8. The molecule has 2 aromatic rings. The largest absolute Gasteiger partial charge is 0.354 e. The highest BCUT2D eigenvalue weighted by molar-refractivity contribution is 5.31. The zero-order valence-electron chi connectivity index (χ0n) is 8.37. The average Bonchev–Trinajstić information content (AvgIpc) is 2.63. The molecule has 0 unspecified atom stereocenters. The van der Waals surface area contributed by atoms with Crippen molar-refractivity contribution in [2.75, 3.05) is 0 Å². The van der Waals surface area contributed by atoms with E-state index < -0.39 is 0 Å². The molecule has 4 nitrogen and oxygen atoms in total. The fourth-order valence-corrected chi connectivity index (χ4v) is 1.33. The summed E-state index contributed by atoms with van der Waals surface area (Å²) in [5, 5.41) is 3.96. The zero-order valence-corrected chi connectivity index (χ0v) is 8.37. The van der Waals surface area contributed by atoms with Crippen molar-refractivity contribution in [3.63, 3.8) is 0 Å². The van der Waals surface area contributed by atoms with Crippen LogP contribution in [0.5, 0.6) is 0 Å². The van der Waals surface area contributed by atoms with Crippen LogP contribution >= 0.6 is 0 Å². The highest BCUT2D eigenvalue weighted by Gasteiger charge is 2.02. The lowest BCUT2D eigenvalue weighted by atomic mass is 10.3. The highest BCUT2D eigenvalue weighted by atomic mass is 16.2. The van der Waals surface area contributed by atoms with Crippen LogP contribution in [0.15, 0.2) is 47.5 Å². The summed E-state index contributed by atoms with van der Waals surface area (Å²) in [6.45, 7) is 1.84. The van der Waals surface area contributed by atoms with Gasteiger partial charge in [0, 0.05) is 6.20 Å². The number of aromatic nitrogens is 3. The first-order valence-corrected chi connectivity index (χ1v) is 4.67. The Hall–Kier alpha value is -2.10. The normalized spacial score (nSPS) is 11.0. The van der Waals surface area contributed by atoms with E-state index in [4.69, 9.17) is 0 Å². The van der Waals surface area contributed by atoms with Crippen molar-refractivity contribution in [1.29, 1.82) is 0 Å². The van der Waals surface area contributed by atoms with Crippen LogP contribution in [0.1, 0.15) is 6.92 Å².